The van der Waals surface area contributed by atoms with Crippen LogP contribution in [0.15, 0.2) is 34.8 Å². The summed E-state index contributed by atoms with van der Waals surface area (Å²) in [5.74, 6) is 1.98. The van der Waals surface area contributed by atoms with Gasteiger partial charge in [0.15, 0.2) is 11.0 Å². The molecular formula is C20H23N3S2. The van der Waals surface area contributed by atoms with Crippen molar-refractivity contribution in [3.63, 3.8) is 0 Å². The summed E-state index contributed by atoms with van der Waals surface area (Å²) in [4.78, 5) is 1.56. The molecule has 1 aromatic carbocycles. The third-order valence-corrected chi connectivity index (χ3v) is 6.91. The molecular weight excluding hydrogens is 346 g/mol. The normalized spacial score (nSPS) is 13.8. The molecule has 130 valence electrons. The number of aryl methyl sites for hydroxylation is 2. The van der Waals surface area contributed by atoms with Crippen molar-refractivity contribution in [3.8, 4) is 11.4 Å². The Morgan fingerprint density at radius 1 is 1.20 bits per heavy atom. The van der Waals surface area contributed by atoms with Crippen molar-refractivity contribution in [2.24, 2.45) is 0 Å². The minimum absolute atomic E-state index is 0.906. The van der Waals surface area contributed by atoms with Crippen molar-refractivity contribution < 1.29 is 0 Å². The highest BCUT2D eigenvalue weighted by Crippen LogP contribution is 2.37. The molecule has 25 heavy (non-hydrogen) atoms. The van der Waals surface area contributed by atoms with Crippen LogP contribution >= 0.6 is 23.1 Å². The van der Waals surface area contributed by atoms with Crippen molar-refractivity contribution in [2.75, 3.05) is 0 Å². The van der Waals surface area contributed by atoms with Crippen LogP contribution in [0.3, 0.4) is 0 Å². The molecule has 0 fully saturated rings. The topological polar surface area (TPSA) is 30.7 Å². The molecule has 2 heterocycles. The fourth-order valence-electron chi connectivity index (χ4n) is 3.51. The summed E-state index contributed by atoms with van der Waals surface area (Å²) in [6, 6.07) is 8.69. The average molecular weight is 370 g/mol. The highest BCUT2D eigenvalue weighted by molar-refractivity contribution is 7.98. The second-order valence-corrected chi connectivity index (χ2v) is 8.49. The van der Waals surface area contributed by atoms with Crippen molar-refractivity contribution in [2.45, 2.75) is 57.0 Å². The van der Waals surface area contributed by atoms with E-state index < -0.39 is 0 Å². The number of hydrogen-bond donors (Lipinski definition) is 0. The lowest BCUT2D eigenvalue weighted by Gasteiger charge is -2.13. The van der Waals surface area contributed by atoms with Gasteiger partial charge in [0.2, 0.25) is 0 Å². The molecule has 1 aliphatic carbocycles. The lowest BCUT2D eigenvalue weighted by Crippen LogP contribution is -2.03. The van der Waals surface area contributed by atoms with E-state index in [1.165, 1.54) is 47.9 Å². The van der Waals surface area contributed by atoms with Gasteiger partial charge in [-0.05, 0) is 50.7 Å². The van der Waals surface area contributed by atoms with E-state index in [4.69, 9.17) is 0 Å². The summed E-state index contributed by atoms with van der Waals surface area (Å²) in [6.45, 7) is 5.23. The Hall–Kier alpha value is -1.59. The summed E-state index contributed by atoms with van der Waals surface area (Å²) in [5.41, 5.74) is 5.48. The number of aromatic nitrogens is 3. The van der Waals surface area contributed by atoms with Crippen LogP contribution in [0.2, 0.25) is 0 Å². The van der Waals surface area contributed by atoms with E-state index >= 15 is 0 Å². The predicted molar refractivity (Wildman–Crippen MR) is 106 cm³/mol. The van der Waals surface area contributed by atoms with Crippen LogP contribution in [0.5, 0.6) is 0 Å². The third-order valence-electron chi connectivity index (χ3n) is 4.79. The van der Waals surface area contributed by atoms with Crippen LogP contribution in [0.25, 0.3) is 11.4 Å². The summed E-state index contributed by atoms with van der Waals surface area (Å²) >= 11 is 3.68. The maximum absolute atomic E-state index is 4.57. The maximum atomic E-state index is 4.57. The molecule has 0 radical (unpaired) electrons. The summed E-state index contributed by atoms with van der Waals surface area (Å²) in [5, 5.41) is 12.4. The molecule has 3 nitrogen and oxygen atoms in total. The maximum Gasteiger partial charge on any atom is 0.191 e. The minimum atomic E-state index is 0.906. The van der Waals surface area contributed by atoms with Gasteiger partial charge in [-0.3, -0.25) is 0 Å². The van der Waals surface area contributed by atoms with E-state index in [-0.39, 0.29) is 0 Å². The standard InChI is InChI=1S/C20H23N3S2/c1-3-23-19(17-13-24-18-10-5-4-9-16(17)18)21-22-20(23)25-12-15-8-6-7-14(2)11-15/h6-8,11,13H,3-5,9-10,12H2,1-2H3. The number of rotatable bonds is 5. The smallest absolute Gasteiger partial charge is 0.191 e. The minimum Gasteiger partial charge on any atom is -0.302 e. The van der Waals surface area contributed by atoms with Gasteiger partial charge in [0.25, 0.3) is 0 Å². The molecule has 0 amide bonds. The molecule has 0 saturated heterocycles. The van der Waals surface area contributed by atoms with Crippen LogP contribution in [0, 0.1) is 6.92 Å². The van der Waals surface area contributed by atoms with E-state index in [1.807, 2.05) is 11.3 Å². The molecule has 2 aromatic heterocycles. The second kappa shape index (κ2) is 7.34. The molecule has 5 heteroatoms. The Kier molecular flexibility index (Phi) is 4.95. The lowest BCUT2D eigenvalue weighted by atomic mass is 9.96. The number of fused-ring (bicyclic) bond motifs is 1. The van der Waals surface area contributed by atoms with E-state index in [0.29, 0.717) is 0 Å². The molecule has 3 aromatic rings. The predicted octanol–water partition coefficient (Wildman–Crippen LogP) is 5.51. The van der Waals surface area contributed by atoms with Gasteiger partial charge in [0.05, 0.1) is 0 Å². The highest BCUT2D eigenvalue weighted by atomic mass is 32.2. The van der Waals surface area contributed by atoms with E-state index in [9.17, 15) is 0 Å². The van der Waals surface area contributed by atoms with Crippen molar-refractivity contribution in [3.05, 3.63) is 51.2 Å². The quantitative estimate of drug-likeness (QED) is 0.556. The van der Waals surface area contributed by atoms with E-state index in [1.54, 1.807) is 16.6 Å². The average Bonchev–Trinajstić information content (AvgIpc) is 3.23. The van der Waals surface area contributed by atoms with Gasteiger partial charge >= 0.3 is 0 Å². The van der Waals surface area contributed by atoms with Gasteiger partial charge in [0, 0.05) is 28.1 Å². The molecule has 0 aliphatic heterocycles. The van der Waals surface area contributed by atoms with Gasteiger partial charge < -0.3 is 4.57 Å². The fraction of sp³-hybridized carbons (Fsp3) is 0.400. The monoisotopic (exact) mass is 369 g/mol. The van der Waals surface area contributed by atoms with Gasteiger partial charge in [-0.25, -0.2) is 0 Å². The zero-order valence-electron chi connectivity index (χ0n) is 14.8. The summed E-state index contributed by atoms with van der Waals surface area (Å²) < 4.78 is 2.28. The summed E-state index contributed by atoms with van der Waals surface area (Å²) in [6.07, 6.45) is 5.04. The Morgan fingerprint density at radius 3 is 2.92 bits per heavy atom. The van der Waals surface area contributed by atoms with Crippen LogP contribution in [0.1, 0.15) is 41.3 Å². The number of nitrogens with zero attached hydrogens (tertiary/aromatic N) is 3. The molecule has 0 unspecified atom stereocenters. The first-order valence-corrected chi connectivity index (χ1v) is 10.8. The van der Waals surface area contributed by atoms with Crippen molar-refractivity contribution >= 4 is 23.1 Å². The van der Waals surface area contributed by atoms with Crippen LogP contribution in [-0.2, 0) is 25.1 Å². The molecule has 0 atom stereocenters. The molecule has 1 aliphatic rings. The number of thiophene rings is 1. The van der Waals surface area contributed by atoms with E-state index in [2.05, 4.69) is 58.3 Å². The summed E-state index contributed by atoms with van der Waals surface area (Å²) in [7, 11) is 0. The van der Waals surface area contributed by atoms with Gasteiger partial charge in [-0.1, -0.05) is 41.6 Å². The second-order valence-electron chi connectivity index (χ2n) is 6.59. The zero-order chi connectivity index (χ0) is 17.2. The van der Waals surface area contributed by atoms with Crippen LogP contribution in [0.4, 0.5) is 0 Å². The fourth-order valence-corrected chi connectivity index (χ4v) is 5.58. The molecule has 4 rings (SSSR count). The SMILES string of the molecule is CCn1c(SCc2cccc(C)c2)nnc1-c1csc2c1CCCC2. The largest absolute Gasteiger partial charge is 0.302 e. The first-order chi connectivity index (χ1) is 12.3. The Bertz CT molecular complexity index is 879. The first kappa shape index (κ1) is 16.9. The Morgan fingerprint density at radius 2 is 2.08 bits per heavy atom. The van der Waals surface area contributed by atoms with Crippen LogP contribution < -0.4 is 0 Å². The van der Waals surface area contributed by atoms with E-state index in [0.717, 1.165) is 23.3 Å². The molecule has 0 spiro atoms. The molecule has 0 bridgehead atoms. The van der Waals surface area contributed by atoms with Crippen molar-refractivity contribution in [1.82, 2.24) is 14.8 Å². The first-order valence-electron chi connectivity index (χ1n) is 8.97. The van der Waals surface area contributed by atoms with Gasteiger partial charge in [0.1, 0.15) is 0 Å². The number of thioether (sulfide) groups is 1. The van der Waals surface area contributed by atoms with Gasteiger partial charge in [-0.15, -0.1) is 21.5 Å². The number of hydrogen-bond acceptors (Lipinski definition) is 4. The highest BCUT2D eigenvalue weighted by Gasteiger charge is 2.21. The Labute approximate surface area is 157 Å². The van der Waals surface area contributed by atoms with Crippen molar-refractivity contribution in [1.29, 1.82) is 0 Å². The zero-order valence-corrected chi connectivity index (χ0v) is 16.4. The molecule has 0 saturated carbocycles. The Balaban J connectivity index is 1.60. The van der Waals surface area contributed by atoms with Crippen LogP contribution in [-0.4, -0.2) is 14.8 Å². The number of benzene rings is 1. The third kappa shape index (κ3) is 3.40. The van der Waals surface area contributed by atoms with Gasteiger partial charge in [-0.2, -0.15) is 0 Å². The molecule has 0 N–H and O–H groups in total. The lowest BCUT2D eigenvalue weighted by molar-refractivity contribution is 0.680.